The summed E-state index contributed by atoms with van der Waals surface area (Å²) in [4.78, 5) is 12.0. The van der Waals surface area contributed by atoms with E-state index >= 15 is 0 Å². The lowest BCUT2D eigenvalue weighted by Gasteiger charge is -2.60. The first-order chi connectivity index (χ1) is 14.7. The molecule has 31 heavy (non-hydrogen) atoms. The average Bonchev–Trinajstić information content (AvgIpc) is 3.38. The summed E-state index contributed by atoms with van der Waals surface area (Å²) >= 11 is 0. The summed E-state index contributed by atoms with van der Waals surface area (Å²) in [5, 5.41) is 21.8. The highest BCUT2D eigenvalue weighted by atomic mass is 16.8. The fourth-order valence-electron chi connectivity index (χ4n) is 8.51. The zero-order chi connectivity index (χ0) is 21.8. The fraction of sp³-hybridized carbons (Fsp3) is 0.760. The van der Waals surface area contributed by atoms with Gasteiger partial charge in [-0.3, -0.25) is 4.79 Å². The van der Waals surface area contributed by atoms with Crippen LogP contribution in [0.2, 0.25) is 0 Å². The minimum absolute atomic E-state index is 0.0460. The Morgan fingerprint density at radius 3 is 2.81 bits per heavy atom. The van der Waals surface area contributed by atoms with Crippen LogP contribution in [0.4, 0.5) is 0 Å². The Morgan fingerprint density at radius 2 is 2.13 bits per heavy atom. The summed E-state index contributed by atoms with van der Waals surface area (Å²) in [6.45, 7) is 6.77. The molecule has 2 heterocycles. The van der Waals surface area contributed by atoms with Crippen LogP contribution in [0.15, 0.2) is 23.8 Å². The minimum atomic E-state index is -0.988. The van der Waals surface area contributed by atoms with Crippen LogP contribution in [-0.2, 0) is 19.0 Å². The summed E-state index contributed by atoms with van der Waals surface area (Å²) in [7, 11) is 0. The maximum Gasteiger partial charge on any atom is 0.209 e. The number of carbonyl (C=O) groups excluding carboxylic acids is 1. The zero-order valence-corrected chi connectivity index (χ0v) is 18.5. The smallest absolute Gasteiger partial charge is 0.209 e. The molecular weight excluding hydrogens is 394 g/mol. The predicted octanol–water partition coefficient (Wildman–Crippen LogP) is 3.06. The van der Waals surface area contributed by atoms with Gasteiger partial charge in [-0.2, -0.15) is 5.26 Å². The summed E-state index contributed by atoms with van der Waals surface area (Å²) < 4.78 is 18.8. The van der Waals surface area contributed by atoms with Crippen molar-refractivity contribution in [3.63, 3.8) is 0 Å². The number of hydrogen-bond acceptors (Lipinski definition) is 6. The number of nitrogens with zero attached hydrogens (tertiary/aromatic N) is 1. The minimum Gasteiger partial charge on any atom is -0.393 e. The van der Waals surface area contributed by atoms with E-state index in [4.69, 9.17) is 14.2 Å². The Balaban J connectivity index is 1.45. The maximum atomic E-state index is 12.0. The number of allylic oxidation sites excluding steroid dienone is 4. The van der Waals surface area contributed by atoms with Crippen LogP contribution in [0.3, 0.4) is 0 Å². The van der Waals surface area contributed by atoms with Crippen LogP contribution in [0, 0.1) is 39.9 Å². The lowest BCUT2D eigenvalue weighted by Crippen LogP contribution is -2.65. The molecule has 2 unspecified atom stereocenters. The summed E-state index contributed by atoms with van der Waals surface area (Å²) in [5.41, 5.74) is -1.41. The molecule has 3 saturated carbocycles. The molecule has 5 fully saturated rings. The van der Waals surface area contributed by atoms with E-state index in [2.05, 4.69) is 19.9 Å². The number of rotatable bonds is 2. The van der Waals surface area contributed by atoms with Gasteiger partial charge in [0.1, 0.15) is 11.7 Å². The Bertz CT molecular complexity index is 946. The third-order valence-corrected chi connectivity index (χ3v) is 9.84. The SMILES string of the molecule is CCC1O[C@@H]2C[C@H]3[C@@H]4CCC5=CC(=O)C=C[C@]5(C)[C@H]4[C@@H](O)C[C@]3(C)[C@]2(C2(C#N)CO2)O1. The van der Waals surface area contributed by atoms with Gasteiger partial charge in [-0.1, -0.05) is 32.4 Å². The largest absolute Gasteiger partial charge is 0.393 e. The number of ether oxygens (including phenoxy) is 3. The quantitative estimate of drug-likeness (QED) is 0.684. The lowest BCUT2D eigenvalue weighted by atomic mass is 9.45. The highest BCUT2D eigenvalue weighted by Gasteiger charge is 2.83. The topological polar surface area (TPSA) is 92.1 Å². The summed E-state index contributed by atoms with van der Waals surface area (Å²) in [6, 6.07) is 2.44. The first-order valence-electron chi connectivity index (χ1n) is 11.8. The van der Waals surface area contributed by atoms with Crippen molar-refractivity contribution in [2.75, 3.05) is 6.61 Å². The molecule has 6 heteroatoms. The number of aliphatic hydroxyl groups is 1. The van der Waals surface area contributed by atoms with Gasteiger partial charge >= 0.3 is 0 Å². The van der Waals surface area contributed by atoms with Gasteiger partial charge in [-0.15, -0.1) is 0 Å². The first kappa shape index (κ1) is 20.1. The van der Waals surface area contributed by atoms with E-state index in [0.29, 0.717) is 13.0 Å². The van der Waals surface area contributed by atoms with Crippen LogP contribution < -0.4 is 0 Å². The van der Waals surface area contributed by atoms with E-state index in [1.54, 1.807) is 12.2 Å². The number of nitriles is 1. The van der Waals surface area contributed by atoms with Crippen LogP contribution in [0.25, 0.3) is 0 Å². The molecule has 4 aliphatic carbocycles. The lowest BCUT2D eigenvalue weighted by molar-refractivity contribution is -0.209. The van der Waals surface area contributed by atoms with Crippen molar-refractivity contribution in [3.8, 4) is 6.07 Å². The molecule has 2 saturated heterocycles. The number of ketones is 1. The number of aliphatic hydroxyl groups excluding tert-OH is 1. The Hall–Kier alpha value is -1.52. The third kappa shape index (κ3) is 2.19. The normalized spacial score (nSPS) is 56.7. The van der Waals surface area contributed by atoms with E-state index in [9.17, 15) is 15.2 Å². The van der Waals surface area contributed by atoms with Gasteiger partial charge in [-0.05, 0) is 56.1 Å². The molecule has 0 bridgehead atoms. The predicted molar refractivity (Wildman–Crippen MR) is 110 cm³/mol. The Morgan fingerprint density at radius 1 is 1.35 bits per heavy atom. The molecule has 166 valence electrons. The highest BCUT2D eigenvalue weighted by Crippen LogP contribution is 2.73. The molecular formula is C25H31NO5. The molecule has 0 aromatic rings. The molecule has 2 aliphatic heterocycles. The van der Waals surface area contributed by atoms with E-state index in [1.807, 2.05) is 13.0 Å². The monoisotopic (exact) mass is 425 g/mol. The van der Waals surface area contributed by atoms with Crippen molar-refractivity contribution in [3.05, 3.63) is 23.8 Å². The van der Waals surface area contributed by atoms with Crippen LogP contribution in [0.1, 0.15) is 52.9 Å². The molecule has 0 spiro atoms. The number of hydrogen-bond donors (Lipinski definition) is 1. The van der Waals surface area contributed by atoms with Crippen molar-refractivity contribution in [2.45, 2.75) is 82.6 Å². The van der Waals surface area contributed by atoms with Gasteiger partial charge in [0.2, 0.25) is 5.60 Å². The van der Waals surface area contributed by atoms with E-state index in [1.165, 1.54) is 0 Å². The number of fused-ring (bicyclic) bond motifs is 7. The molecule has 6 rings (SSSR count). The van der Waals surface area contributed by atoms with Gasteiger partial charge in [0.25, 0.3) is 0 Å². The van der Waals surface area contributed by atoms with Gasteiger partial charge in [-0.25, -0.2) is 0 Å². The van der Waals surface area contributed by atoms with E-state index in [0.717, 1.165) is 31.3 Å². The van der Waals surface area contributed by atoms with Crippen molar-refractivity contribution in [1.29, 1.82) is 5.26 Å². The van der Waals surface area contributed by atoms with Gasteiger partial charge in [0.15, 0.2) is 12.1 Å². The van der Waals surface area contributed by atoms with Crippen LogP contribution in [0.5, 0.6) is 0 Å². The van der Waals surface area contributed by atoms with Crippen molar-refractivity contribution >= 4 is 5.78 Å². The zero-order valence-electron chi connectivity index (χ0n) is 18.5. The average molecular weight is 426 g/mol. The number of carbonyl (C=O) groups is 1. The second-order valence-corrected chi connectivity index (χ2v) is 11.0. The summed E-state index contributed by atoms with van der Waals surface area (Å²) in [6.07, 6.45) is 8.28. The molecule has 0 aromatic carbocycles. The molecule has 0 radical (unpaired) electrons. The standard InChI is InChI=1S/C25H31NO5/c1-4-20-30-19-10-17-16-6-5-14-9-15(27)7-8-22(14,2)21(16)18(28)11-23(17,3)25(19,31-20)24(12-26)13-29-24/h7-9,16-21,28H,4-6,10-11,13H2,1-3H3/t16-,17-,18-,19+,20?,21+,22-,23-,24?,25+/m0/s1. The number of epoxide rings is 1. The van der Waals surface area contributed by atoms with Gasteiger partial charge in [0, 0.05) is 16.7 Å². The van der Waals surface area contributed by atoms with E-state index in [-0.39, 0.29) is 41.3 Å². The second-order valence-electron chi connectivity index (χ2n) is 11.0. The van der Waals surface area contributed by atoms with Crippen molar-refractivity contribution in [1.82, 2.24) is 0 Å². The Labute approximate surface area is 183 Å². The fourth-order valence-corrected chi connectivity index (χ4v) is 8.51. The van der Waals surface area contributed by atoms with Gasteiger partial charge in [0.05, 0.1) is 18.8 Å². The molecule has 6 nitrogen and oxygen atoms in total. The first-order valence-corrected chi connectivity index (χ1v) is 11.8. The van der Waals surface area contributed by atoms with Crippen molar-refractivity contribution < 1.29 is 24.1 Å². The molecule has 1 N–H and O–H groups in total. The van der Waals surface area contributed by atoms with E-state index < -0.39 is 22.7 Å². The maximum absolute atomic E-state index is 12.0. The second kappa shape index (κ2) is 6.08. The highest BCUT2D eigenvalue weighted by molar-refractivity contribution is 6.01. The Kier molecular flexibility index (Phi) is 3.94. The van der Waals surface area contributed by atoms with Crippen molar-refractivity contribution in [2.24, 2.45) is 28.6 Å². The molecule has 0 aromatic heterocycles. The third-order valence-electron chi connectivity index (χ3n) is 9.84. The molecule has 0 amide bonds. The van der Waals surface area contributed by atoms with Gasteiger partial charge < -0.3 is 19.3 Å². The van der Waals surface area contributed by atoms with Crippen LogP contribution >= 0.6 is 0 Å². The molecule has 10 atom stereocenters. The van der Waals surface area contributed by atoms with Crippen LogP contribution in [-0.4, -0.2) is 47.2 Å². The molecule has 6 aliphatic rings. The summed E-state index contributed by atoms with van der Waals surface area (Å²) in [5.74, 6) is 0.635.